The van der Waals surface area contributed by atoms with Crippen molar-refractivity contribution in [3.05, 3.63) is 27.1 Å². The molecule has 22 heavy (non-hydrogen) atoms. The first-order valence-electron chi connectivity index (χ1n) is 7.97. The van der Waals surface area contributed by atoms with Crippen LogP contribution in [0.4, 0.5) is 5.69 Å². The predicted octanol–water partition coefficient (Wildman–Crippen LogP) is 6.20. The molecule has 1 heterocycles. The van der Waals surface area contributed by atoms with Crippen molar-refractivity contribution in [2.75, 3.05) is 18.1 Å². The maximum absolute atomic E-state index is 6.46. The molecule has 1 atom stereocenters. The predicted molar refractivity (Wildman–Crippen MR) is 105 cm³/mol. The summed E-state index contributed by atoms with van der Waals surface area (Å²) in [5, 5.41) is 0.273. The molecular weight excluding hydrogens is 422 g/mol. The Morgan fingerprint density at radius 1 is 1.18 bits per heavy atom. The van der Waals surface area contributed by atoms with Crippen molar-refractivity contribution in [1.82, 2.24) is 0 Å². The molecule has 1 aliphatic heterocycles. The van der Waals surface area contributed by atoms with Gasteiger partial charge < -0.3 is 9.33 Å². The average Bonchev–Trinajstić information content (AvgIpc) is 2.82. The highest BCUT2D eigenvalue weighted by atomic mass is 79.9. The molecule has 0 aromatic heterocycles. The molecule has 2 rings (SSSR count). The number of hydrogen-bond donors (Lipinski definition) is 0. The molecule has 1 unspecified atom stereocenters. The van der Waals surface area contributed by atoms with Gasteiger partial charge >= 0.3 is 0 Å². The minimum Gasteiger partial charge on any atom is -0.415 e. The summed E-state index contributed by atoms with van der Waals surface area (Å²) in [4.78, 5) is 2.50. The lowest BCUT2D eigenvalue weighted by molar-refractivity contribution is 0.263. The van der Waals surface area contributed by atoms with E-state index < -0.39 is 8.32 Å². The number of hydrogen-bond acceptors (Lipinski definition) is 2. The van der Waals surface area contributed by atoms with Gasteiger partial charge in [-0.25, -0.2) is 0 Å². The SMILES string of the molecule is CC(C)(C)[Si](C)(C)OCC1CCCN1c1cc(Br)cc(Br)c1. The van der Waals surface area contributed by atoms with Gasteiger partial charge in [0.2, 0.25) is 0 Å². The molecule has 1 aromatic rings. The van der Waals surface area contributed by atoms with Crippen LogP contribution in [0.1, 0.15) is 33.6 Å². The Morgan fingerprint density at radius 3 is 2.32 bits per heavy atom. The van der Waals surface area contributed by atoms with Crippen molar-refractivity contribution in [3.8, 4) is 0 Å². The van der Waals surface area contributed by atoms with E-state index in [0.29, 0.717) is 6.04 Å². The van der Waals surface area contributed by atoms with E-state index >= 15 is 0 Å². The summed E-state index contributed by atoms with van der Waals surface area (Å²) >= 11 is 7.19. The van der Waals surface area contributed by atoms with Gasteiger partial charge in [-0.3, -0.25) is 0 Å². The smallest absolute Gasteiger partial charge is 0.192 e. The van der Waals surface area contributed by atoms with Crippen LogP contribution in [0.25, 0.3) is 0 Å². The summed E-state index contributed by atoms with van der Waals surface area (Å²) in [5.74, 6) is 0. The van der Waals surface area contributed by atoms with Gasteiger partial charge in [0.1, 0.15) is 0 Å². The number of halogens is 2. The van der Waals surface area contributed by atoms with Gasteiger partial charge in [0.15, 0.2) is 8.32 Å². The maximum atomic E-state index is 6.46. The molecular formula is C17H27Br2NOSi. The molecule has 0 spiro atoms. The highest BCUT2D eigenvalue weighted by molar-refractivity contribution is 9.11. The summed E-state index contributed by atoms with van der Waals surface area (Å²) in [7, 11) is -1.67. The quantitative estimate of drug-likeness (QED) is 0.508. The Kier molecular flexibility index (Phi) is 5.85. The van der Waals surface area contributed by atoms with Crippen LogP contribution in [-0.2, 0) is 4.43 Å². The Bertz CT molecular complexity index is 508. The van der Waals surface area contributed by atoms with E-state index in [0.717, 1.165) is 22.1 Å². The van der Waals surface area contributed by atoms with E-state index in [1.807, 2.05) is 0 Å². The Balaban J connectivity index is 2.08. The van der Waals surface area contributed by atoms with Crippen molar-refractivity contribution in [1.29, 1.82) is 0 Å². The van der Waals surface area contributed by atoms with Crippen LogP contribution in [0.5, 0.6) is 0 Å². The summed E-state index contributed by atoms with van der Waals surface area (Å²) in [5.41, 5.74) is 1.28. The minimum atomic E-state index is -1.67. The minimum absolute atomic E-state index is 0.273. The van der Waals surface area contributed by atoms with Gasteiger partial charge in [-0.05, 0) is 49.2 Å². The first-order chi connectivity index (χ1) is 10.1. The monoisotopic (exact) mass is 447 g/mol. The van der Waals surface area contributed by atoms with Crippen LogP contribution >= 0.6 is 31.9 Å². The van der Waals surface area contributed by atoms with Gasteiger partial charge in [-0.15, -0.1) is 0 Å². The fourth-order valence-electron chi connectivity index (χ4n) is 2.58. The van der Waals surface area contributed by atoms with Crippen LogP contribution in [-0.4, -0.2) is 27.5 Å². The van der Waals surface area contributed by atoms with Gasteiger partial charge in [0.25, 0.3) is 0 Å². The third-order valence-corrected chi connectivity index (χ3v) is 10.4. The van der Waals surface area contributed by atoms with E-state index in [4.69, 9.17) is 4.43 Å². The normalized spacial score (nSPS) is 19.8. The van der Waals surface area contributed by atoms with E-state index in [9.17, 15) is 0 Å². The average molecular weight is 449 g/mol. The lowest BCUT2D eigenvalue weighted by atomic mass is 10.2. The van der Waals surface area contributed by atoms with Crippen molar-refractivity contribution >= 4 is 45.9 Å². The molecule has 0 amide bonds. The molecule has 1 fully saturated rings. The van der Waals surface area contributed by atoms with E-state index in [-0.39, 0.29) is 5.04 Å². The van der Waals surface area contributed by atoms with E-state index in [2.05, 4.69) is 88.8 Å². The Morgan fingerprint density at radius 2 is 1.77 bits per heavy atom. The zero-order valence-corrected chi connectivity index (χ0v) is 18.4. The van der Waals surface area contributed by atoms with Crippen molar-refractivity contribution in [2.45, 2.75) is 57.8 Å². The van der Waals surface area contributed by atoms with Crippen LogP contribution in [0, 0.1) is 0 Å². The highest BCUT2D eigenvalue weighted by Gasteiger charge is 2.38. The first kappa shape index (κ1) is 18.5. The number of rotatable bonds is 4. The van der Waals surface area contributed by atoms with Crippen LogP contribution in [0.3, 0.4) is 0 Å². The topological polar surface area (TPSA) is 12.5 Å². The number of nitrogens with zero attached hydrogens (tertiary/aromatic N) is 1. The fraction of sp³-hybridized carbons (Fsp3) is 0.647. The Hall–Kier alpha value is 0.157. The maximum Gasteiger partial charge on any atom is 0.192 e. The Labute approximate surface area is 153 Å². The molecule has 0 N–H and O–H groups in total. The van der Waals surface area contributed by atoms with Crippen molar-refractivity contribution in [3.63, 3.8) is 0 Å². The first-order valence-corrected chi connectivity index (χ1v) is 12.5. The van der Waals surface area contributed by atoms with Crippen LogP contribution < -0.4 is 4.90 Å². The largest absolute Gasteiger partial charge is 0.415 e. The third-order valence-electron chi connectivity index (χ3n) is 5.00. The highest BCUT2D eigenvalue weighted by Crippen LogP contribution is 2.38. The van der Waals surface area contributed by atoms with Gasteiger partial charge in [0.05, 0.1) is 12.6 Å². The molecule has 5 heteroatoms. The molecule has 1 aliphatic rings. The van der Waals surface area contributed by atoms with Gasteiger partial charge in [0, 0.05) is 21.2 Å². The molecule has 1 aromatic carbocycles. The second-order valence-corrected chi connectivity index (χ2v) is 14.3. The molecule has 0 aliphatic carbocycles. The molecule has 124 valence electrons. The second kappa shape index (κ2) is 6.95. The van der Waals surface area contributed by atoms with Crippen LogP contribution in [0.15, 0.2) is 27.1 Å². The van der Waals surface area contributed by atoms with Gasteiger partial charge in [-0.2, -0.15) is 0 Å². The lowest BCUT2D eigenvalue weighted by Crippen LogP contribution is -2.44. The number of anilines is 1. The lowest BCUT2D eigenvalue weighted by Gasteiger charge is -2.38. The van der Waals surface area contributed by atoms with E-state index in [1.165, 1.54) is 18.5 Å². The standard InChI is InChI=1S/C17H27Br2NOSi/c1-17(2,3)22(4,5)21-12-15-7-6-8-20(15)16-10-13(18)9-14(19)11-16/h9-11,15H,6-8,12H2,1-5H3. The summed E-state index contributed by atoms with van der Waals surface area (Å²) in [6.07, 6.45) is 2.47. The molecule has 1 saturated heterocycles. The fourth-order valence-corrected chi connectivity index (χ4v) is 4.89. The van der Waals surface area contributed by atoms with Gasteiger partial charge in [-0.1, -0.05) is 52.6 Å². The third kappa shape index (κ3) is 4.37. The summed E-state index contributed by atoms with van der Waals surface area (Å²) in [6, 6.07) is 6.99. The number of benzene rings is 1. The summed E-state index contributed by atoms with van der Waals surface area (Å²) < 4.78 is 8.70. The zero-order chi connectivity index (χ0) is 16.5. The van der Waals surface area contributed by atoms with E-state index in [1.54, 1.807) is 0 Å². The second-order valence-electron chi connectivity index (χ2n) is 7.69. The molecule has 2 nitrogen and oxygen atoms in total. The molecule has 0 bridgehead atoms. The van der Waals surface area contributed by atoms with Crippen LogP contribution in [0.2, 0.25) is 18.1 Å². The summed E-state index contributed by atoms with van der Waals surface area (Å²) in [6.45, 7) is 13.5. The zero-order valence-electron chi connectivity index (χ0n) is 14.2. The van der Waals surface area contributed by atoms with Crippen molar-refractivity contribution in [2.24, 2.45) is 0 Å². The van der Waals surface area contributed by atoms with Crippen molar-refractivity contribution < 1.29 is 4.43 Å². The molecule has 0 radical (unpaired) electrons. The molecule has 0 saturated carbocycles.